The van der Waals surface area contributed by atoms with Crippen LogP contribution in [0.3, 0.4) is 0 Å². The molecule has 0 aromatic carbocycles. The van der Waals surface area contributed by atoms with Gasteiger partial charge < -0.3 is 0 Å². The van der Waals surface area contributed by atoms with Crippen molar-refractivity contribution in [2.75, 3.05) is 0 Å². The largest absolute Gasteiger partial charge is 0.345 e. The Hall–Kier alpha value is -1.14. The highest BCUT2D eigenvalue weighted by molar-refractivity contribution is 5.71. The van der Waals surface area contributed by atoms with Crippen LogP contribution in [0.15, 0.2) is 0 Å². The number of hydrogen-bond donors (Lipinski definition) is 0. The second-order valence-corrected chi connectivity index (χ2v) is 8.72. The van der Waals surface area contributed by atoms with Gasteiger partial charge in [0.15, 0.2) is 0 Å². The minimum absolute atomic E-state index is 0.114. The summed E-state index contributed by atoms with van der Waals surface area (Å²) >= 11 is 0. The normalized spacial score (nSPS) is 12.5. The Morgan fingerprint density at radius 3 is 1.18 bits per heavy atom. The molecule has 0 bridgehead atoms. The molecule has 0 saturated carbocycles. The van der Waals surface area contributed by atoms with E-state index in [1.54, 1.807) is 0 Å². The van der Waals surface area contributed by atoms with E-state index in [0.29, 0.717) is 0 Å². The van der Waals surface area contributed by atoms with Crippen molar-refractivity contribution in [3.63, 3.8) is 0 Å². The van der Waals surface area contributed by atoms with Crippen LogP contribution in [0, 0.1) is 11.8 Å². The van der Waals surface area contributed by atoms with Crippen LogP contribution in [0.1, 0.15) is 107 Å². The average Bonchev–Trinajstić information content (AvgIpc) is 2.64. The first kappa shape index (κ1) is 26.9. The third-order valence-corrected chi connectivity index (χ3v) is 5.14. The van der Waals surface area contributed by atoms with Gasteiger partial charge in [-0.05, 0) is 66.2 Å². The van der Waals surface area contributed by atoms with Gasteiger partial charge in [-0.3, -0.25) is 9.78 Å². The summed E-state index contributed by atoms with van der Waals surface area (Å²) in [5, 5.41) is 0. The van der Waals surface area contributed by atoms with Gasteiger partial charge in [-0.15, -0.1) is 0 Å². The van der Waals surface area contributed by atoms with Crippen LogP contribution in [-0.2, 0) is 29.1 Å². The number of carbonyl (C=O) groups is 2. The lowest BCUT2D eigenvalue weighted by Gasteiger charge is -2.26. The molecule has 0 heterocycles. The van der Waals surface area contributed by atoms with Crippen molar-refractivity contribution in [1.29, 1.82) is 0 Å². The summed E-state index contributed by atoms with van der Waals surface area (Å²) in [4.78, 5) is 44.7. The molecule has 166 valence electrons. The fourth-order valence-electron chi connectivity index (χ4n) is 2.87. The van der Waals surface area contributed by atoms with Crippen LogP contribution in [0.25, 0.3) is 0 Å². The highest BCUT2D eigenvalue weighted by Crippen LogP contribution is 2.24. The van der Waals surface area contributed by atoms with Gasteiger partial charge in [-0.1, -0.05) is 40.5 Å². The highest BCUT2D eigenvalue weighted by Gasteiger charge is 2.27. The van der Waals surface area contributed by atoms with Crippen molar-refractivity contribution in [3.8, 4) is 0 Å². The molecule has 0 spiro atoms. The van der Waals surface area contributed by atoms with E-state index < -0.39 is 11.2 Å². The van der Waals surface area contributed by atoms with Crippen molar-refractivity contribution in [3.05, 3.63) is 0 Å². The van der Waals surface area contributed by atoms with E-state index in [1.807, 2.05) is 55.4 Å². The fraction of sp³-hybridized carbons (Fsp3) is 0.909. The summed E-state index contributed by atoms with van der Waals surface area (Å²) in [5.41, 5.74) is -1.09. The van der Waals surface area contributed by atoms with E-state index in [9.17, 15) is 9.59 Å². The van der Waals surface area contributed by atoms with Crippen molar-refractivity contribution < 1.29 is 29.1 Å². The first-order valence-corrected chi connectivity index (χ1v) is 10.8. The molecule has 0 rings (SSSR count). The Bertz CT molecular complexity index is 408. The van der Waals surface area contributed by atoms with Gasteiger partial charge in [0.1, 0.15) is 11.2 Å². The van der Waals surface area contributed by atoms with Gasteiger partial charge in [0.25, 0.3) is 0 Å². The van der Waals surface area contributed by atoms with E-state index >= 15 is 0 Å². The molecule has 0 amide bonds. The molecule has 0 unspecified atom stereocenters. The number of rotatable bonds is 15. The van der Waals surface area contributed by atoms with Gasteiger partial charge in [0.05, 0.1) is 11.8 Å². The molecular weight excluding hydrogens is 360 g/mol. The zero-order valence-electron chi connectivity index (χ0n) is 19.3. The lowest BCUT2D eigenvalue weighted by atomic mass is 9.96. The van der Waals surface area contributed by atoms with Crippen LogP contribution < -0.4 is 0 Å². The van der Waals surface area contributed by atoms with Crippen molar-refractivity contribution >= 4 is 11.9 Å². The van der Waals surface area contributed by atoms with Crippen LogP contribution >= 0.6 is 0 Å². The Balaban J connectivity index is 4.19. The summed E-state index contributed by atoms with van der Waals surface area (Å²) in [6.07, 6.45) is 6.23. The zero-order valence-corrected chi connectivity index (χ0v) is 19.3. The number of hydrogen-bond acceptors (Lipinski definition) is 6. The Labute approximate surface area is 171 Å². The SMILES string of the molecule is CCC(CC)C(=O)OOC(C)(C)CCCCC(C)(C)OOC(=O)C(CC)CC. The van der Waals surface area contributed by atoms with Crippen molar-refractivity contribution in [1.82, 2.24) is 0 Å². The summed E-state index contributed by atoms with van der Waals surface area (Å²) in [6.45, 7) is 15.5. The minimum Gasteiger partial charge on any atom is -0.298 e. The second kappa shape index (κ2) is 13.2. The average molecular weight is 403 g/mol. The predicted octanol–water partition coefficient (Wildman–Crippen LogP) is 5.93. The zero-order chi connectivity index (χ0) is 21.8. The molecule has 0 aliphatic carbocycles. The molecule has 0 aliphatic rings. The monoisotopic (exact) mass is 402 g/mol. The maximum atomic E-state index is 11.9. The van der Waals surface area contributed by atoms with Crippen molar-refractivity contribution in [2.24, 2.45) is 11.8 Å². The minimum atomic E-state index is -0.547. The summed E-state index contributed by atoms with van der Waals surface area (Å²) < 4.78 is 0. The third-order valence-electron chi connectivity index (χ3n) is 5.14. The molecule has 0 fully saturated rings. The molecule has 0 N–H and O–H groups in total. The Morgan fingerprint density at radius 1 is 0.643 bits per heavy atom. The van der Waals surface area contributed by atoms with E-state index in [1.165, 1.54) is 0 Å². The predicted molar refractivity (Wildman–Crippen MR) is 109 cm³/mol. The molecule has 6 heteroatoms. The third kappa shape index (κ3) is 11.0. The van der Waals surface area contributed by atoms with E-state index in [2.05, 4.69) is 0 Å². The molecule has 28 heavy (non-hydrogen) atoms. The molecule has 0 aromatic heterocycles. The van der Waals surface area contributed by atoms with Gasteiger partial charge >= 0.3 is 11.9 Å². The van der Waals surface area contributed by atoms with Crippen LogP contribution in [0.5, 0.6) is 0 Å². The maximum absolute atomic E-state index is 11.9. The Morgan fingerprint density at radius 2 is 0.929 bits per heavy atom. The highest BCUT2D eigenvalue weighted by atomic mass is 17.2. The first-order valence-electron chi connectivity index (χ1n) is 10.8. The quantitative estimate of drug-likeness (QED) is 0.192. The van der Waals surface area contributed by atoms with Crippen LogP contribution in [0.4, 0.5) is 0 Å². The van der Waals surface area contributed by atoms with E-state index in [0.717, 1.165) is 51.4 Å². The molecule has 0 saturated heterocycles. The first-order chi connectivity index (χ1) is 13.0. The van der Waals surface area contributed by atoms with Crippen LogP contribution in [0.2, 0.25) is 0 Å². The maximum Gasteiger partial charge on any atom is 0.345 e. The van der Waals surface area contributed by atoms with Gasteiger partial charge in [0, 0.05) is 0 Å². The summed E-state index contributed by atoms with van der Waals surface area (Å²) in [6, 6.07) is 0. The van der Waals surface area contributed by atoms with Gasteiger partial charge in [0.2, 0.25) is 0 Å². The molecule has 6 nitrogen and oxygen atoms in total. The van der Waals surface area contributed by atoms with Gasteiger partial charge in [-0.25, -0.2) is 9.59 Å². The number of unbranched alkanes of at least 4 members (excludes halogenated alkanes) is 1. The van der Waals surface area contributed by atoms with E-state index in [4.69, 9.17) is 19.6 Å². The number of carbonyl (C=O) groups excluding carboxylic acids is 2. The molecule has 0 aromatic rings. The van der Waals surface area contributed by atoms with Gasteiger partial charge in [-0.2, -0.15) is 9.78 Å². The summed E-state index contributed by atoms with van der Waals surface area (Å²) in [7, 11) is 0. The Kier molecular flexibility index (Phi) is 12.6. The smallest absolute Gasteiger partial charge is 0.298 e. The lowest BCUT2D eigenvalue weighted by Crippen LogP contribution is -2.30. The van der Waals surface area contributed by atoms with E-state index in [-0.39, 0.29) is 23.8 Å². The fourth-order valence-corrected chi connectivity index (χ4v) is 2.87. The molecule has 0 radical (unpaired) electrons. The molecular formula is C22H42O6. The standard InChI is InChI=1S/C22H42O6/c1-9-17(10-2)19(23)25-27-21(5,6)15-13-14-16-22(7,8)28-26-20(24)18(11-3)12-4/h17-18H,9-16H2,1-8H3. The topological polar surface area (TPSA) is 71.1 Å². The lowest BCUT2D eigenvalue weighted by molar-refractivity contribution is -0.331. The second-order valence-electron chi connectivity index (χ2n) is 8.72. The summed E-state index contributed by atoms with van der Waals surface area (Å²) in [5.74, 6) is -0.827. The molecule has 0 aliphatic heterocycles. The van der Waals surface area contributed by atoms with Crippen LogP contribution in [-0.4, -0.2) is 23.1 Å². The molecule has 0 atom stereocenters. The van der Waals surface area contributed by atoms with Crippen molar-refractivity contribution in [2.45, 2.75) is 118 Å².